The molecule has 3 rings (SSSR count). The Balaban J connectivity index is 2.19. The van der Waals surface area contributed by atoms with E-state index in [-0.39, 0.29) is 5.69 Å². The zero-order valence-corrected chi connectivity index (χ0v) is 11.9. The molecule has 0 aliphatic heterocycles. The summed E-state index contributed by atoms with van der Waals surface area (Å²) in [5, 5.41) is 9.15. The summed E-state index contributed by atoms with van der Waals surface area (Å²) >= 11 is 2.24. The van der Waals surface area contributed by atoms with E-state index >= 15 is 0 Å². The SMILES string of the molecule is O=C(O)c1cccc2nc(-c3ccc(I)cc3)cn12. The third-order valence-electron chi connectivity index (χ3n) is 2.85. The molecule has 0 unspecified atom stereocenters. The van der Waals surface area contributed by atoms with Gasteiger partial charge in [-0.15, -0.1) is 0 Å². The summed E-state index contributed by atoms with van der Waals surface area (Å²) in [4.78, 5) is 15.6. The lowest BCUT2D eigenvalue weighted by Crippen LogP contribution is -2.03. The second kappa shape index (κ2) is 4.65. The Hall–Kier alpha value is -1.89. The number of aromatic carboxylic acids is 1. The Bertz CT molecular complexity index is 763. The number of fused-ring (bicyclic) bond motifs is 1. The van der Waals surface area contributed by atoms with Gasteiger partial charge in [-0.25, -0.2) is 9.78 Å². The maximum atomic E-state index is 11.2. The molecular formula is C14H9IN2O2. The van der Waals surface area contributed by atoms with E-state index in [2.05, 4.69) is 27.6 Å². The molecule has 0 saturated carbocycles. The molecular weight excluding hydrogens is 355 g/mol. The molecule has 0 amide bonds. The number of aromatic nitrogens is 2. The van der Waals surface area contributed by atoms with Gasteiger partial charge in [0, 0.05) is 15.3 Å². The van der Waals surface area contributed by atoms with Crippen molar-refractivity contribution in [2.75, 3.05) is 0 Å². The van der Waals surface area contributed by atoms with Crippen molar-refractivity contribution >= 4 is 34.2 Å². The largest absolute Gasteiger partial charge is 0.477 e. The highest BCUT2D eigenvalue weighted by Crippen LogP contribution is 2.21. The van der Waals surface area contributed by atoms with Crippen LogP contribution in [0.2, 0.25) is 0 Å². The molecule has 5 heteroatoms. The van der Waals surface area contributed by atoms with E-state index in [0.29, 0.717) is 5.65 Å². The Labute approximate surface area is 122 Å². The predicted octanol–water partition coefficient (Wildman–Crippen LogP) is 3.30. The van der Waals surface area contributed by atoms with Gasteiger partial charge in [-0.2, -0.15) is 0 Å². The van der Waals surface area contributed by atoms with E-state index in [1.165, 1.54) is 0 Å². The lowest BCUT2D eigenvalue weighted by Gasteiger charge is -1.98. The van der Waals surface area contributed by atoms with Crippen LogP contribution in [0.15, 0.2) is 48.7 Å². The summed E-state index contributed by atoms with van der Waals surface area (Å²) in [6.45, 7) is 0. The van der Waals surface area contributed by atoms with Crippen molar-refractivity contribution in [1.29, 1.82) is 0 Å². The highest BCUT2D eigenvalue weighted by molar-refractivity contribution is 14.1. The topological polar surface area (TPSA) is 54.6 Å². The minimum atomic E-state index is -0.961. The molecule has 0 fully saturated rings. The minimum Gasteiger partial charge on any atom is -0.477 e. The van der Waals surface area contributed by atoms with Crippen molar-refractivity contribution < 1.29 is 9.90 Å². The molecule has 0 saturated heterocycles. The predicted molar refractivity (Wildman–Crippen MR) is 80.3 cm³/mol. The summed E-state index contributed by atoms with van der Waals surface area (Å²) in [6.07, 6.45) is 1.75. The molecule has 1 aromatic carbocycles. The van der Waals surface area contributed by atoms with Crippen molar-refractivity contribution in [2.24, 2.45) is 0 Å². The van der Waals surface area contributed by atoms with Crippen LogP contribution in [0.3, 0.4) is 0 Å². The number of halogens is 1. The molecule has 0 aliphatic rings. The maximum absolute atomic E-state index is 11.2. The van der Waals surface area contributed by atoms with Crippen molar-refractivity contribution in [3.63, 3.8) is 0 Å². The lowest BCUT2D eigenvalue weighted by molar-refractivity contribution is 0.0689. The smallest absolute Gasteiger partial charge is 0.352 e. The standard InChI is InChI=1S/C14H9IN2O2/c15-10-6-4-9(5-7-10)11-8-17-12(14(18)19)2-1-3-13(17)16-11/h1-8H,(H,18,19). The Morgan fingerprint density at radius 1 is 1.16 bits per heavy atom. The van der Waals surface area contributed by atoms with E-state index in [0.717, 1.165) is 14.8 Å². The lowest BCUT2D eigenvalue weighted by atomic mass is 10.2. The fraction of sp³-hybridized carbons (Fsp3) is 0. The van der Waals surface area contributed by atoms with Gasteiger partial charge in [-0.3, -0.25) is 4.40 Å². The maximum Gasteiger partial charge on any atom is 0.352 e. The zero-order chi connectivity index (χ0) is 13.4. The van der Waals surface area contributed by atoms with Gasteiger partial charge >= 0.3 is 5.97 Å². The number of rotatable bonds is 2. The summed E-state index contributed by atoms with van der Waals surface area (Å²) in [6, 6.07) is 13.0. The van der Waals surface area contributed by atoms with Crippen molar-refractivity contribution in [3.8, 4) is 11.3 Å². The molecule has 2 heterocycles. The van der Waals surface area contributed by atoms with E-state index in [9.17, 15) is 4.79 Å². The van der Waals surface area contributed by atoms with Gasteiger partial charge in [0.25, 0.3) is 0 Å². The van der Waals surface area contributed by atoms with Crippen LogP contribution in [0, 0.1) is 3.57 Å². The van der Waals surface area contributed by atoms with Gasteiger partial charge in [0.15, 0.2) is 0 Å². The summed E-state index contributed by atoms with van der Waals surface area (Å²) in [7, 11) is 0. The van der Waals surface area contributed by atoms with E-state index in [4.69, 9.17) is 5.11 Å². The number of pyridine rings is 1. The van der Waals surface area contributed by atoms with E-state index < -0.39 is 5.97 Å². The minimum absolute atomic E-state index is 0.210. The van der Waals surface area contributed by atoms with Crippen LogP contribution < -0.4 is 0 Å². The van der Waals surface area contributed by atoms with Gasteiger partial charge in [-0.05, 0) is 46.9 Å². The van der Waals surface area contributed by atoms with Crippen LogP contribution in [0.25, 0.3) is 16.9 Å². The highest BCUT2D eigenvalue weighted by atomic mass is 127. The van der Waals surface area contributed by atoms with E-state index in [1.807, 2.05) is 24.3 Å². The van der Waals surface area contributed by atoms with Gasteiger partial charge < -0.3 is 5.11 Å². The molecule has 1 N–H and O–H groups in total. The van der Waals surface area contributed by atoms with Gasteiger partial charge in [0.2, 0.25) is 0 Å². The second-order valence-corrected chi connectivity index (χ2v) is 5.32. The number of carboxylic acid groups (broad SMARTS) is 1. The summed E-state index contributed by atoms with van der Waals surface area (Å²) in [5.74, 6) is -0.961. The van der Waals surface area contributed by atoms with E-state index in [1.54, 1.807) is 28.8 Å². The number of nitrogens with zero attached hydrogens (tertiary/aromatic N) is 2. The van der Waals surface area contributed by atoms with Gasteiger partial charge in [0.05, 0.1) is 5.69 Å². The third-order valence-corrected chi connectivity index (χ3v) is 3.57. The summed E-state index contributed by atoms with van der Waals surface area (Å²) in [5.41, 5.74) is 2.58. The zero-order valence-electron chi connectivity index (χ0n) is 9.75. The molecule has 0 bridgehead atoms. The van der Waals surface area contributed by atoms with Crippen LogP contribution >= 0.6 is 22.6 Å². The van der Waals surface area contributed by atoms with Crippen LogP contribution in [0.5, 0.6) is 0 Å². The van der Waals surface area contributed by atoms with Gasteiger partial charge in [-0.1, -0.05) is 18.2 Å². The second-order valence-electron chi connectivity index (χ2n) is 4.08. The number of benzene rings is 1. The highest BCUT2D eigenvalue weighted by Gasteiger charge is 2.11. The molecule has 0 aliphatic carbocycles. The number of hydrogen-bond acceptors (Lipinski definition) is 2. The molecule has 3 aromatic rings. The fourth-order valence-corrected chi connectivity index (χ4v) is 2.30. The number of carbonyl (C=O) groups is 1. The first kappa shape index (κ1) is 12.2. The first-order valence-corrected chi connectivity index (χ1v) is 6.70. The van der Waals surface area contributed by atoms with Crippen molar-refractivity contribution in [3.05, 3.63) is 57.9 Å². The van der Waals surface area contributed by atoms with Crippen LogP contribution in [0.4, 0.5) is 0 Å². The third kappa shape index (κ3) is 2.21. The molecule has 94 valence electrons. The van der Waals surface area contributed by atoms with Crippen molar-refractivity contribution in [1.82, 2.24) is 9.38 Å². The Morgan fingerprint density at radius 3 is 2.58 bits per heavy atom. The molecule has 4 nitrogen and oxygen atoms in total. The molecule has 2 aromatic heterocycles. The molecule has 19 heavy (non-hydrogen) atoms. The molecule has 0 spiro atoms. The van der Waals surface area contributed by atoms with Gasteiger partial charge in [0.1, 0.15) is 11.3 Å². The Morgan fingerprint density at radius 2 is 1.89 bits per heavy atom. The monoisotopic (exact) mass is 364 g/mol. The molecule has 0 radical (unpaired) electrons. The van der Waals surface area contributed by atoms with Crippen LogP contribution in [0.1, 0.15) is 10.5 Å². The quantitative estimate of drug-likeness (QED) is 0.710. The average molecular weight is 364 g/mol. The number of hydrogen-bond donors (Lipinski definition) is 1. The molecule has 0 atom stereocenters. The first-order valence-electron chi connectivity index (χ1n) is 5.62. The fourth-order valence-electron chi connectivity index (χ4n) is 1.94. The number of carboxylic acids is 1. The van der Waals surface area contributed by atoms with Crippen LogP contribution in [-0.2, 0) is 0 Å². The normalized spacial score (nSPS) is 10.8. The first-order chi connectivity index (χ1) is 9.15. The number of imidazole rings is 1. The van der Waals surface area contributed by atoms with Crippen LogP contribution in [-0.4, -0.2) is 20.5 Å². The average Bonchev–Trinajstić information content (AvgIpc) is 2.82. The summed E-state index contributed by atoms with van der Waals surface area (Å²) < 4.78 is 2.74. The Kier molecular flexibility index (Phi) is 2.98. The van der Waals surface area contributed by atoms with Crippen molar-refractivity contribution in [2.45, 2.75) is 0 Å².